The first-order chi connectivity index (χ1) is 15.2. The van der Waals surface area contributed by atoms with Gasteiger partial charge >= 0.3 is 6.18 Å². The molecule has 4 heterocycles. The fourth-order valence-electron chi connectivity index (χ4n) is 3.18. The summed E-state index contributed by atoms with van der Waals surface area (Å²) in [5.41, 5.74) is 1.34. The number of hydrogen-bond acceptors (Lipinski definition) is 6. The fraction of sp³-hybridized carbons (Fsp3) is 0.190. The highest BCUT2D eigenvalue weighted by Crippen LogP contribution is 2.28. The molecule has 0 spiro atoms. The number of thiol groups is 1. The molecule has 32 heavy (non-hydrogen) atoms. The molecule has 4 aromatic heterocycles. The number of alkyl halides is 3. The maximum Gasteiger partial charge on any atom is 0.433 e. The van der Waals surface area contributed by atoms with E-state index in [0.29, 0.717) is 22.5 Å². The summed E-state index contributed by atoms with van der Waals surface area (Å²) in [6.45, 7) is 0.148. The van der Waals surface area contributed by atoms with Gasteiger partial charge in [0.25, 0.3) is 0 Å². The summed E-state index contributed by atoms with van der Waals surface area (Å²) in [7, 11) is 1.54. The molecule has 0 aliphatic carbocycles. The first kappa shape index (κ1) is 21.9. The number of pyridine rings is 3. The van der Waals surface area contributed by atoms with Crippen molar-refractivity contribution in [1.82, 2.24) is 18.9 Å². The van der Waals surface area contributed by atoms with Crippen LogP contribution in [0.25, 0.3) is 11.0 Å². The lowest BCUT2D eigenvalue weighted by molar-refractivity contribution is -0.141. The summed E-state index contributed by atoms with van der Waals surface area (Å²) in [6, 6.07) is 7.22. The number of nitrogens with one attached hydrogen (secondary N) is 1. The minimum absolute atomic E-state index is 0.148. The van der Waals surface area contributed by atoms with E-state index < -0.39 is 17.8 Å². The molecular formula is C21H17F4N5OS. The van der Waals surface area contributed by atoms with Crippen molar-refractivity contribution in [3.05, 3.63) is 77.3 Å². The average Bonchev–Trinajstić information content (AvgIpc) is 3.08. The van der Waals surface area contributed by atoms with E-state index in [4.69, 9.17) is 4.74 Å². The molecule has 0 aliphatic heterocycles. The van der Waals surface area contributed by atoms with Crippen LogP contribution in [-0.4, -0.2) is 26.0 Å². The van der Waals surface area contributed by atoms with Crippen LogP contribution in [0.4, 0.5) is 23.4 Å². The Kier molecular flexibility index (Phi) is 5.92. The standard InChI is InChI=1S/C21H17F4N5OS/c1-31-15-7-16-14(11-30(32)20(16)28-10-15)6-13-3-5-18(29-19(13)22)27-9-12-2-4-17(26-8-12)21(23,24)25/h2-5,7-8,10-11,32H,6,9H2,1H3,(H,27,29). The van der Waals surface area contributed by atoms with Crippen LogP contribution in [0.5, 0.6) is 5.75 Å². The highest BCUT2D eigenvalue weighted by Gasteiger charge is 2.31. The third-order valence-electron chi connectivity index (χ3n) is 4.81. The zero-order valence-electron chi connectivity index (χ0n) is 16.7. The summed E-state index contributed by atoms with van der Waals surface area (Å²) < 4.78 is 59.2. The molecule has 4 aromatic rings. The summed E-state index contributed by atoms with van der Waals surface area (Å²) >= 11 is 4.35. The number of nitrogens with zero attached hydrogens (tertiary/aromatic N) is 4. The lowest BCUT2D eigenvalue weighted by Crippen LogP contribution is -2.09. The average molecular weight is 463 g/mol. The highest BCUT2D eigenvalue weighted by molar-refractivity contribution is 7.78. The maximum atomic E-state index is 14.6. The van der Waals surface area contributed by atoms with Gasteiger partial charge in [-0.2, -0.15) is 17.6 Å². The predicted molar refractivity (Wildman–Crippen MR) is 114 cm³/mol. The van der Waals surface area contributed by atoms with Crippen LogP contribution in [0.1, 0.15) is 22.4 Å². The Labute approximate surface area is 185 Å². The summed E-state index contributed by atoms with van der Waals surface area (Å²) in [4.78, 5) is 11.6. The van der Waals surface area contributed by atoms with E-state index in [1.165, 1.54) is 13.2 Å². The molecule has 0 atom stereocenters. The number of hydrogen-bond donors (Lipinski definition) is 2. The van der Waals surface area contributed by atoms with Crippen molar-refractivity contribution < 1.29 is 22.3 Å². The van der Waals surface area contributed by atoms with Crippen LogP contribution in [0, 0.1) is 5.95 Å². The van der Waals surface area contributed by atoms with Gasteiger partial charge in [0.1, 0.15) is 22.9 Å². The van der Waals surface area contributed by atoms with E-state index in [0.717, 1.165) is 23.2 Å². The summed E-state index contributed by atoms with van der Waals surface area (Å²) in [6.07, 6.45) is 0.223. The molecule has 0 aliphatic rings. The molecule has 0 unspecified atom stereocenters. The van der Waals surface area contributed by atoms with Gasteiger partial charge in [-0.05, 0) is 29.3 Å². The number of methoxy groups -OCH3 is 1. The van der Waals surface area contributed by atoms with Crippen LogP contribution in [0.2, 0.25) is 0 Å². The number of halogens is 4. The van der Waals surface area contributed by atoms with Gasteiger partial charge in [-0.3, -0.25) is 8.96 Å². The van der Waals surface area contributed by atoms with Gasteiger partial charge < -0.3 is 10.1 Å². The molecule has 4 rings (SSSR count). The molecule has 0 saturated heterocycles. The van der Waals surface area contributed by atoms with Crippen molar-refractivity contribution in [2.24, 2.45) is 0 Å². The highest BCUT2D eigenvalue weighted by atomic mass is 32.1. The first-order valence-electron chi connectivity index (χ1n) is 9.39. The molecule has 0 radical (unpaired) electrons. The van der Waals surface area contributed by atoms with Crippen molar-refractivity contribution in [1.29, 1.82) is 0 Å². The lowest BCUT2D eigenvalue weighted by atomic mass is 10.1. The Morgan fingerprint density at radius 3 is 2.56 bits per heavy atom. The van der Waals surface area contributed by atoms with Crippen LogP contribution in [0.15, 0.2) is 48.9 Å². The lowest BCUT2D eigenvalue weighted by Gasteiger charge is -2.09. The molecular weight excluding hydrogens is 446 g/mol. The van der Waals surface area contributed by atoms with Gasteiger partial charge in [-0.25, -0.2) is 9.97 Å². The van der Waals surface area contributed by atoms with Crippen LogP contribution in [0.3, 0.4) is 0 Å². The number of fused-ring (bicyclic) bond motifs is 1. The smallest absolute Gasteiger partial charge is 0.433 e. The molecule has 0 fully saturated rings. The molecule has 0 bridgehead atoms. The van der Waals surface area contributed by atoms with Crippen molar-refractivity contribution in [3.8, 4) is 5.75 Å². The number of rotatable bonds is 6. The Morgan fingerprint density at radius 1 is 1.09 bits per heavy atom. The van der Waals surface area contributed by atoms with E-state index in [1.54, 1.807) is 28.5 Å². The SMILES string of the molecule is COc1cnc2c(c1)c(Cc1ccc(NCc3ccc(C(F)(F)F)nc3)nc1F)cn2S. The zero-order chi connectivity index (χ0) is 22.9. The summed E-state index contributed by atoms with van der Waals surface area (Å²) in [5, 5.41) is 3.67. The van der Waals surface area contributed by atoms with Gasteiger partial charge in [0, 0.05) is 36.3 Å². The Morgan fingerprint density at radius 2 is 1.91 bits per heavy atom. The number of ether oxygens (including phenoxy) is 1. The van der Waals surface area contributed by atoms with Gasteiger partial charge in [0.15, 0.2) is 0 Å². The topological polar surface area (TPSA) is 64.9 Å². The number of aromatic nitrogens is 4. The predicted octanol–water partition coefficient (Wildman–Crippen LogP) is 4.89. The third-order valence-corrected chi connectivity index (χ3v) is 5.12. The van der Waals surface area contributed by atoms with Gasteiger partial charge in [-0.15, -0.1) is 0 Å². The fourth-order valence-corrected chi connectivity index (χ4v) is 3.47. The molecule has 6 nitrogen and oxygen atoms in total. The van der Waals surface area contributed by atoms with Crippen molar-refractivity contribution in [2.75, 3.05) is 12.4 Å². The van der Waals surface area contributed by atoms with E-state index in [-0.39, 0.29) is 18.8 Å². The van der Waals surface area contributed by atoms with E-state index in [1.807, 2.05) is 6.07 Å². The monoisotopic (exact) mass is 463 g/mol. The maximum absolute atomic E-state index is 14.6. The Bertz CT molecular complexity index is 1260. The normalized spacial score (nSPS) is 11.7. The largest absolute Gasteiger partial charge is 0.495 e. The first-order valence-corrected chi connectivity index (χ1v) is 9.79. The van der Waals surface area contributed by atoms with E-state index in [9.17, 15) is 17.6 Å². The zero-order valence-corrected chi connectivity index (χ0v) is 17.6. The van der Waals surface area contributed by atoms with E-state index in [2.05, 4.69) is 33.1 Å². The molecule has 0 aromatic carbocycles. The Balaban J connectivity index is 1.47. The second-order valence-electron chi connectivity index (χ2n) is 6.97. The molecule has 0 amide bonds. The second kappa shape index (κ2) is 8.65. The quantitative estimate of drug-likeness (QED) is 0.242. The second-order valence-corrected chi connectivity index (χ2v) is 7.40. The Hall–Kier alpha value is -3.34. The minimum atomic E-state index is -4.49. The molecule has 1 N–H and O–H groups in total. The van der Waals surface area contributed by atoms with Crippen molar-refractivity contribution >= 4 is 29.7 Å². The van der Waals surface area contributed by atoms with Gasteiger partial charge in [0.05, 0.1) is 13.3 Å². The molecule has 11 heteroatoms. The van der Waals surface area contributed by atoms with Crippen molar-refractivity contribution in [2.45, 2.75) is 19.1 Å². The van der Waals surface area contributed by atoms with Crippen LogP contribution >= 0.6 is 12.8 Å². The minimum Gasteiger partial charge on any atom is -0.495 e. The van der Waals surface area contributed by atoms with Crippen LogP contribution in [-0.2, 0) is 19.1 Å². The van der Waals surface area contributed by atoms with Crippen molar-refractivity contribution in [3.63, 3.8) is 0 Å². The van der Waals surface area contributed by atoms with Gasteiger partial charge in [0.2, 0.25) is 5.95 Å². The molecule has 0 saturated carbocycles. The summed E-state index contributed by atoms with van der Waals surface area (Å²) in [5.74, 6) is 0.178. The molecule has 166 valence electrons. The van der Waals surface area contributed by atoms with Gasteiger partial charge in [-0.1, -0.05) is 24.9 Å². The van der Waals surface area contributed by atoms with E-state index >= 15 is 0 Å². The number of anilines is 1. The van der Waals surface area contributed by atoms with Crippen LogP contribution < -0.4 is 10.1 Å². The third kappa shape index (κ3) is 4.62.